The molecule has 1 aliphatic rings. The van der Waals surface area contributed by atoms with Gasteiger partial charge in [0.05, 0.1) is 12.2 Å². The molecule has 172 valence electrons. The number of aromatic nitrogens is 1. The molecule has 9 nitrogen and oxygen atoms in total. The van der Waals surface area contributed by atoms with Crippen LogP contribution < -0.4 is 10.1 Å². The van der Waals surface area contributed by atoms with E-state index < -0.39 is 10.0 Å². The predicted molar refractivity (Wildman–Crippen MR) is 130 cm³/mol. The summed E-state index contributed by atoms with van der Waals surface area (Å²) in [5.41, 5.74) is 1.51. The topological polar surface area (TPSA) is 100 Å². The maximum Gasteiger partial charge on any atom is 0.220 e. The fourth-order valence-electron chi connectivity index (χ4n) is 3.28. The van der Waals surface area contributed by atoms with Crippen LogP contribution in [-0.2, 0) is 15.8 Å². The number of benzene rings is 1. The van der Waals surface area contributed by atoms with Crippen LogP contribution in [0, 0.1) is 6.92 Å². The molecule has 2 heterocycles. The third kappa shape index (κ3) is 7.07. The molecule has 1 saturated heterocycles. The van der Waals surface area contributed by atoms with Crippen molar-refractivity contribution in [3.63, 3.8) is 0 Å². The quantitative estimate of drug-likeness (QED) is 0.313. The number of nitrogens with zero attached hydrogens (tertiary/aromatic N) is 4. The van der Waals surface area contributed by atoms with Gasteiger partial charge in [-0.2, -0.15) is 4.31 Å². The number of halogens is 1. The number of rotatable bonds is 7. The monoisotopic (exact) mass is 563 g/mol. The van der Waals surface area contributed by atoms with E-state index in [-0.39, 0.29) is 35.8 Å². The van der Waals surface area contributed by atoms with E-state index in [1.807, 2.05) is 38.1 Å². The minimum atomic E-state index is -3.42. The molecule has 1 N–H and O–H groups in total. The number of para-hydroxylation sites is 1. The first-order valence-corrected chi connectivity index (χ1v) is 11.5. The Balaban J connectivity index is 0.00000341. The summed E-state index contributed by atoms with van der Waals surface area (Å²) >= 11 is 0. The van der Waals surface area contributed by atoms with Gasteiger partial charge >= 0.3 is 0 Å². The number of piperazine rings is 1. The van der Waals surface area contributed by atoms with Gasteiger partial charge in [-0.1, -0.05) is 23.4 Å². The second-order valence-electron chi connectivity index (χ2n) is 7.26. The SMILES string of the molecule is CN=C(NCC(C)Oc1ccccc1C)N1CCN(S(=O)(=O)Cc2ccon2)CC1.I. The fraction of sp³-hybridized carbons (Fsp3) is 0.500. The van der Waals surface area contributed by atoms with Gasteiger partial charge in [0.15, 0.2) is 5.96 Å². The number of hydrogen-bond donors (Lipinski definition) is 1. The third-order valence-electron chi connectivity index (χ3n) is 4.93. The molecule has 1 unspecified atom stereocenters. The Labute approximate surface area is 200 Å². The molecule has 1 atom stereocenters. The number of nitrogens with one attached hydrogen (secondary N) is 1. The highest BCUT2D eigenvalue weighted by atomic mass is 127. The highest BCUT2D eigenvalue weighted by Gasteiger charge is 2.29. The smallest absolute Gasteiger partial charge is 0.220 e. The number of sulfonamides is 1. The molecule has 1 aliphatic heterocycles. The molecule has 0 aliphatic carbocycles. The summed E-state index contributed by atoms with van der Waals surface area (Å²) in [4.78, 5) is 6.40. The maximum atomic E-state index is 12.6. The van der Waals surface area contributed by atoms with Crippen LogP contribution in [0.2, 0.25) is 0 Å². The molecule has 0 amide bonds. The molecular weight excluding hydrogens is 533 g/mol. The minimum absolute atomic E-state index is 0. The molecule has 3 rings (SSSR count). The van der Waals surface area contributed by atoms with Gasteiger partial charge in [0, 0.05) is 39.3 Å². The highest BCUT2D eigenvalue weighted by molar-refractivity contribution is 14.0. The van der Waals surface area contributed by atoms with Gasteiger partial charge in [0.2, 0.25) is 10.0 Å². The van der Waals surface area contributed by atoms with Crippen LogP contribution >= 0.6 is 24.0 Å². The first-order valence-electron chi connectivity index (χ1n) is 9.94. The lowest BCUT2D eigenvalue weighted by Crippen LogP contribution is -2.54. The Hall–Kier alpha value is -1.86. The summed E-state index contributed by atoms with van der Waals surface area (Å²) in [5.74, 6) is 1.46. The Kier molecular flexibility index (Phi) is 9.56. The minimum Gasteiger partial charge on any atom is -0.489 e. The van der Waals surface area contributed by atoms with E-state index in [0.29, 0.717) is 38.4 Å². The summed E-state index contributed by atoms with van der Waals surface area (Å²) in [6.07, 6.45) is 1.33. The number of aryl methyl sites for hydroxylation is 1. The van der Waals surface area contributed by atoms with Gasteiger partial charge in [0.1, 0.15) is 23.9 Å². The number of hydrogen-bond acceptors (Lipinski definition) is 6. The molecule has 11 heteroatoms. The van der Waals surface area contributed by atoms with Gasteiger partial charge in [-0.15, -0.1) is 24.0 Å². The van der Waals surface area contributed by atoms with Crippen molar-refractivity contribution in [2.24, 2.45) is 4.99 Å². The summed E-state index contributed by atoms with van der Waals surface area (Å²) in [6.45, 7) is 6.53. The van der Waals surface area contributed by atoms with E-state index in [1.54, 1.807) is 13.1 Å². The van der Waals surface area contributed by atoms with Crippen LogP contribution in [0.15, 0.2) is 46.1 Å². The van der Waals surface area contributed by atoms with Crippen molar-refractivity contribution in [2.45, 2.75) is 25.7 Å². The van der Waals surface area contributed by atoms with Crippen LogP contribution in [0.3, 0.4) is 0 Å². The summed E-state index contributed by atoms with van der Waals surface area (Å²) in [6, 6.07) is 9.49. The second kappa shape index (κ2) is 11.7. The average molecular weight is 563 g/mol. The largest absolute Gasteiger partial charge is 0.489 e. The van der Waals surface area contributed by atoms with Crippen LogP contribution in [0.25, 0.3) is 0 Å². The Morgan fingerprint density at radius 2 is 1.97 bits per heavy atom. The molecule has 0 bridgehead atoms. The molecular formula is C20H30IN5O4S. The number of guanidine groups is 1. The summed E-state index contributed by atoms with van der Waals surface area (Å²) in [7, 11) is -1.70. The molecule has 1 fully saturated rings. The van der Waals surface area contributed by atoms with Crippen LogP contribution in [0.5, 0.6) is 5.75 Å². The van der Waals surface area contributed by atoms with E-state index in [1.165, 1.54) is 10.6 Å². The van der Waals surface area contributed by atoms with Crippen molar-refractivity contribution in [3.05, 3.63) is 47.9 Å². The van der Waals surface area contributed by atoms with E-state index >= 15 is 0 Å². The number of aliphatic imine (C=N–C) groups is 1. The van der Waals surface area contributed by atoms with Crippen LogP contribution in [-0.4, -0.2) is 74.6 Å². The van der Waals surface area contributed by atoms with E-state index in [4.69, 9.17) is 9.26 Å². The first-order chi connectivity index (χ1) is 14.4. The van der Waals surface area contributed by atoms with Crippen molar-refractivity contribution in [1.82, 2.24) is 19.7 Å². The molecule has 2 aromatic rings. The Bertz CT molecular complexity index is 944. The van der Waals surface area contributed by atoms with Crippen molar-refractivity contribution in [2.75, 3.05) is 39.8 Å². The highest BCUT2D eigenvalue weighted by Crippen LogP contribution is 2.17. The van der Waals surface area contributed by atoms with Crippen LogP contribution in [0.1, 0.15) is 18.2 Å². The molecule has 1 aromatic heterocycles. The van der Waals surface area contributed by atoms with Gasteiger partial charge in [-0.3, -0.25) is 4.99 Å². The maximum absolute atomic E-state index is 12.6. The lowest BCUT2D eigenvalue weighted by Gasteiger charge is -2.36. The first kappa shape index (κ1) is 25.4. The Morgan fingerprint density at radius 1 is 1.26 bits per heavy atom. The van der Waals surface area contributed by atoms with Crippen molar-refractivity contribution < 1.29 is 17.7 Å². The molecule has 0 saturated carbocycles. The fourth-order valence-corrected chi connectivity index (χ4v) is 4.71. The summed E-state index contributed by atoms with van der Waals surface area (Å²) in [5, 5.41) is 7.03. The van der Waals surface area contributed by atoms with Gasteiger partial charge in [0.25, 0.3) is 0 Å². The zero-order valence-electron chi connectivity index (χ0n) is 18.0. The van der Waals surface area contributed by atoms with Crippen molar-refractivity contribution >= 4 is 40.0 Å². The lowest BCUT2D eigenvalue weighted by atomic mass is 10.2. The average Bonchev–Trinajstić information content (AvgIpc) is 3.23. The number of ether oxygens (including phenoxy) is 1. The normalized spacial score (nSPS) is 16.5. The van der Waals surface area contributed by atoms with Gasteiger partial charge in [-0.05, 0) is 25.5 Å². The van der Waals surface area contributed by atoms with E-state index in [9.17, 15) is 8.42 Å². The lowest BCUT2D eigenvalue weighted by molar-refractivity contribution is 0.217. The van der Waals surface area contributed by atoms with E-state index in [2.05, 4.69) is 20.4 Å². The van der Waals surface area contributed by atoms with Crippen LogP contribution in [0.4, 0.5) is 0 Å². The van der Waals surface area contributed by atoms with Gasteiger partial charge < -0.3 is 19.5 Å². The molecule has 0 spiro atoms. The standard InChI is InChI=1S/C20H29N5O4S.HI/c1-16-6-4-5-7-19(16)29-17(2)14-22-20(21-3)24-9-11-25(12-10-24)30(26,27)15-18-8-13-28-23-18;/h4-8,13,17H,9-12,14-15H2,1-3H3,(H,21,22);1H. The van der Waals surface area contributed by atoms with Crippen molar-refractivity contribution in [1.29, 1.82) is 0 Å². The zero-order valence-corrected chi connectivity index (χ0v) is 21.2. The predicted octanol–water partition coefficient (Wildman–Crippen LogP) is 2.09. The van der Waals surface area contributed by atoms with Crippen molar-refractivity contribution in [3.8, 4) is 5.75 Å². The molecule has 31 heavy (non-hydrogen) atoms. The third-order valence-corrected chi connectivity index (χ3v) is 6.75. The Morgan fingerprint density at radius 3 is 2.58 bits per heavy atom. The van der Waals surface area contributed by atoms with Gasteiger partial charge in [-0.25, -0.2) is 8.42 Å². The summed E-state index contributed by atoms with van der Waals surface area (Å²) < 4.78 is 37.4. The molecule has 1 aromatic carbocycles. The zero-order chi connectivity index (χ0) is 21.6. The van der Waals surface area contributed by atoms with E-state index in [0.717, 1.165) is 17.3 Å². The molecule has 0 radical (unpaired) electrons. The second-order valence-corrected chi connectivity index (χ2v) is 9.22.